The van der Waals surface area contributed by atoms with Crippen LogP contribution in [-0.4, -0.2) is 30.5 Å². The van der Waals surface area contributed by atoms with Crippen LogP contribution in [0.1, 0.15) is 46.0 Å². The zero-order valence-electron chi connectivity index (χ0n) is 9.54. The highest BCUT2D eigenvalue weighted by molar-refractivity contribution is 4.56. The molecule has 0 bridgehead atoms. The van der Waals surface area contributed by atoms with Crippen LogP contribution in [0.2, 0.25) is 0 Å². The average molecular weight is 203 g/mol. The zero-order valence-corrected chi connectivity index (χ0v) is 9.54. The summed E-state index contributed by atoms with van der Waals surface area (Å²) in [7, 11) is 0. The number of hydrogen-bond acceptors (Lipinski definition) is 3. The topological polar surface area (TPSA) is 55.5 Å². The van der Waals surface area contributed by atoms with E-state index in [4.69, 9.17) is 15.6 Å². The fraction of sp³-hybridized carbons (Fsp3) is 1.00. The Balaban J connectivity index is 3.23. The van der Waals surface area contributed by atoms with Crippen molar-refractivity contribution in [2.24, 2.45) is 5.73 Å². The summed E-state index contributed by atoms with van der Waals surface area (Å²) in [5.74, 6) is 0. The monoisotopic (exact) mass is 203 g/mol. The van der Waals surface area contributed by atoms with E-state index in [9.17, 15) is 0 Å². The third kappa shape index (κ3) is 8.48. The van der Waals surface area contributed by atoms with E-state index in [1.165, 1.54) is 25.7 Å². The van der Waals surface area contributed by atoms with Gasteiger partial charge in [-0.05, 0) is 13.3 Å². The fourth-order valence-corrected chi connectivity index (χ4v) is 1.29. The summed E-state index contributed by atoms with van der Waals surface area (Å²) >= 11 is 0. The number of ether oxygens (including phenoxy) is 1. The minimum atomic E-state index is -0.506. The molecule has 0 fully saturated rings. The van der Waals surface area contributed by atoms with Crippen molar-refractivity contribution in [3.05, 3.63) is 0 Å². The Bertz CT molecular complexity index is 120. The van der Waals surface area contributed by atoms with Gasteiger partial charge in [0, 0.05) is 6.54 Å². The van der Waals surface area contributed by atoms with Crippen LogP contribution in [-0.2, 0) is 4.74 Å². The molecule has 0 heterocycles. The molecule has 14 heavy (non-hydrogen) atoms. The van der Waals surface area contributed by atoms with Gasteiger partial charge in [-0.2, -0.15) is 0 Å². The van der Waals surface area contributed by atoms with Gasteiger partial charge in [0.1, 0.15) is 0 Å². The molecule has 86 valence electrons. The zero-order chi connectivity index (χ0) is 10.8. The molecule has 0 aliphatic carbocycles. The first-order chi connectivity index (χ1) is 6.70. The molecule has 0 aromatic carbocycles. The van der Waals surface area contributed by atoms with Crippen LogP contribution in [0.3, 0.4) is 0 Å². The molecule has 3 N–H and O–H groups in total. The van der Waals surface area contributed by atoms with Gasteiger partial charge in [0.05, 0.1) is 18.8 Å². The predicted octanol–water partition coefficient (Wildman–Crippen LogP) is 1.68. The Morgan fingerprint density at radius 2 is 2.00 bits per heavy atom. The SMILES string of the molecule is CCCCCCC(C)OCC(O)CN. The van der Waals surface area contributed by atoms with Crippen LogP contribution in [0.5, 0.6) is 0 Å². The standard InChI is InChI=1S/C11H25NO2/c1-3-4-5-6-7-10(2)14-9-11(13)8-12/h10-11,13H,3-9,12H2,1-2H3. The third-order valence-corrected chi connectivity index (χ3v) is 2.31. The number of hydrogen-bond donors (Lipinski definition) is 2. The molecule has 0 aromatic rings. The lowest BCUT2D eigenvalue weighted by Gasteiger charge is -2.15. The molecule has 0 radical (unpaired) electrons. The van der Waals surface area contributed by atoms with Gasteiger partial charge in [-0.25, -0.2) is 0 Å². The summed E-state index contributed by atoms with van der Waals surface area (Å²) in [6.07, 6.45) is 5.88. The second-order valence-electron chi connectivity index (χ2n) is 3.88. The number of unbranched alkanes of at least 4 members (excludes halogenated alkanes) is 3. The maximum Gasteiger partial charge on any atom is 0.0895 e. The lowest BCUT2D eigenvalue weighted by molar-refractivity contribution is -0.00210. The molecule has 0 aromatic heterocycles. The molecule has 3 nitrogen and oxygen atoms in total. The minimum absolute atomic E-state index is 0.244. The summed E-state index contributed by atoms with van der Waals surface area (Å²) in [4.78, 5) is 0. The van der Waals surface area contributed by atoms with Gasteiger partial charge >= 0.3 is 0 Å². The Hall–Kier alpha value is -0.120. The molecule has 0 aliphatic rings. The highest BCUT2D eigenvalue weighted by atomic mass is 16.5. The molecule has 3 heteroatoms. The molecule has 0 aliphatic heterocycles. The third-order valence-electron chi connectivity index (χ3n) is 2.31. The van der Waals surface area contributed by atoms with Gasteiger partial charge in [0.15, 0.2) is 0 Å². The van der Waals surface area contributed by atoms with Gasteiger partial charge in [-0.3, -0.25) is 0 Å². The molecule has 0 rings (SSSR count). The molecule has 0 saturated heterocycles. The first kappa shape index (κ1) is 13.9. The van der Waals surface area contributed by atoms with E-state index < -0.39 is 6.10 Å². The number of rotatable bonds is 9. The van der Waals surface area contributed by atoms with Crippen molar-refractivity contribution >= 4 is 0 Å². The average Bonchev–Trinajstić information content (AvgIpc) is 2.21. The van der Waals surface area contributed by atoms with Gasteiger partial charge in [0.2, 0.25) is 0 Å². The number of aliphatic hydroxyl groups is 1. The summed E-state index contributed by atoms with van der Waals surface area (Å²) in [5, 5.41) is 9.17. The largest absolute Gasteiger partial charge is 0.389 e. The predicted molar refractivity (Wildman–Crippen MR) is 59.2 cm³/mol. The van der Waals surface area contributed by atoms with Crippen molar-refractivity contribution in [1.29, 1.82) is 0 Å². The van der Waals surface area contributed by atoms with Gasteiger partial charge < -0.3 is 15.6 Å². The Morgan fingerprint density at radius 3 is 2.57 bits per heavy atom. The van der Waals surface area contributed by atoms with Crippen molar-refractivity contribution in [1.82, 2.24) is 0 Å². The van der Waals surface area contributed by atoms with Crippen LogP contribution in [0.15, 0.2) is 0 Å². The maximum atomic E-state index is 9.17. The van der Waals surface area contributed by atoms with Crippen LogP contribution < -0.4 is 5.73 Å². The number of aliphatic hydroxyl groups excluding tert-OH is 1. The van der Waals surface area contributed by atoms with Crippen LogP contribution >= 0.6 is 0 Å². The van der Waals surface area contributed by atoms with Gasteiger partial charge in [-0.1, -0.05) is 32.6 Å². The Kier molecular flexibility index (Phi) is 9.35. The number of nitrogens with two attached hydrogens (primary N) is 1. The highest BCUT2D eigenvalue weighted by Crippen LogP contribution is 2.07. The van der Waals surface area contributed by atoms with Crippen molar-refractivity contribution in [2.45, 2.75) is 58.2 Å². The van der Waals surface area contributed by atoms with E-state index in [-0.39, 0.29) is 12.6 Å². The smallest absolute Gasteiger partial charge is 0.0895 e. The first-order valence-electron chi connectivity index (χ1n) is 5.70. The second kappa shape index (κ2) is 9.44. The van der Waals surface area contributed by atoms with E-state index in [1.807, 2.05) is 0 Å². The molecular weight excluding hydrogens is 178 g/mol. The van der Waals surface area contributed by atoms with E-state index in [2.05, 4.69) is 13.8 Å². The molecule has 2 unspecified atom stereocenters. The van der Waals surface area contributed by atoms with Gasteiger partial charge in [0.25, 0.3) is 0 Å². The Labute approximate surface area is 87.6 Å². The van der Waals surface area contributed by atoms with Crippen LogP contribution in [0, 0.1) is 0 Å². The molecular formula is C11H25NO2. The minimum Gasteiger partial charge on any atom is -0.389 e. The second-order valence-corrected chi connectivity index (χ2v) is 3.88. The molecule has 0 spiro atoms. The quantitative estimate of drug-likeness (QED) is 0.561. The highest BCUT2D eigenvalue weighted by Gasteiger charge is 2.05. The summed E-state index contributed by atoms with van der Waals surface area (Å²) in [6.45, 7) is 4.90. The van der Waals surface area contributed by atoms with E-state index >= 15 is 0 Å². The van der Waals surface area contributed by atoms with Crippen molar-refractivity contribution < 1.29 is 9.84 Å². The first-order valence-corrected chi connectivity index (χ1v) is 5.70. The summed E-state index contributed by atoms with van der Waals surface area (Å²) in [6, 6.07) is 0. The van der Waals surface area contributed by atoms with Gasteiger partial charge in [-0.15, -0.1) is 0 Å². The van der Waals surface area contributed by atoms with Crippen molar-refractivity contribution in [3.8, 4) is 0 Å². The molecule has 0 saturated carbocycles. The Morgan fingerprint density at radius 1 is 1.29 bits per heavy atom. The summed E-state index contributed by atoms with van der Waals surface area (Å²) in [5.41, 5.74) is 5.27. The fourth-order valence-electron chi connectivity index (χ4n) is 1.29. The van der Waals surface area contributed by atoms with E-state index in [0.29, 0.717) is 6.61 Å². The maximum absolute atomic E-state index is 9.17. The summed E-state index contributed by atoms with van der Waals surface area (Å²) < 4.78 is 5.44. The van der Waals surface area contributed by atoms with Crippen molar-refractivity contribution in [2.75, 3.05) is 13.2 Å². The molecule has 0 amide bonds. The van der Waals surface area contributed by atoms with Crippen LogP contribution in [0.25, 0.3) is 0 Å². The lowest BCUT2D eigenvalue weighted by atomic mass is 10.1. The van der Waals surface area contributed by atoms with E-state index in [0.717, 1.165) is 6.42 Å². The van der Waals surface area contributed by atoms with E-state index in [1.54, 1.807) is 0 Å². The van der Waals surface area contributed by atoms with Crippen LogP contribution in [0.4, 0.5) is 0 Å². The lowest BCUT2D eigenvalue weighted by Crippen LogP contribution is -2.27. The van der Waals surface area contributed by atoms with Crippen molar-refractivity contribution in [3.63, 3.8) is 0 Å². The molecule has 2 atom stereocenters. The normalized spacial score (nSPS) is 15.4.